The molecule has 0 N–H and O–H groups in total. The van der Waals surface area contributed by atoms with E-state index in [9.17, 15) is 21.6 Å². The molecule has 1 atom stereocenters. The Balaban J connectivity index is 3.31. The molecule has 0 aliphatic rings. The molecule has 0 radical (unpaired) electrons. The second-order valence-electron chi connectivity index (χ2n) is 6.60. The first-order valence-electron chi connectivity index (χ1n) is 6.82. The highest BCUT2D eigenvalue weighted by molar-refractivity contribution is 7.89. The van der Waals surface area contributed by atoms with Gasteiger partial charge in [-0.25, -0.2) is 12.7 Å². The van der Waals surface area contributed by atoms with Crippen LogP contribution in [-0.2, 0) is 16.2 Å². The molecule has 3 nitrogen and oxygen atoms in total. The van der Waals surface area contributed by atoms with Gasteiger partial charge in [-0.05, 0) is 17.0 Å². The highest BCUT2D eigenvalue weighted by Crippen LogP contribution is 2.39. The van der Waals surface area contributed by atoms with Crippen LogP contribution in [0.1, 0.15) is 37.8 Å². The lowest BCUT2D eigenvalue weighted by atomic mass is 9.77. The Morgan fingerprint density at radius 1 is 1.14 bits per heavy atom. The molecule has 22 heavy (non-hydrogen) atoms. The Morgan fingerprint density at radius 3 is 2.09 bits per heavy atom. The number of rotatable bonds is 4. The molecule has 1 aromatic carbocycles. The molecule has 0 aliphatic heterocycles. The van der Waals surface area contributed by atoms with Crippen LogP contribution in [-0.4, -0.2) is 32.6 Å². The fraction of sp³-hybridized carbons (Fsp3) is 0.600. The van der Waals surface area contributed by atoms with E-state index >= 15 is 0 Å². The largest absolute Gasteiger partial charge is 0.416 e. The number of benzene rings is 1. The lowest BCUT2D eigenvalue weighted by Gasteiger charge is -2.32. The van der Waals surface area contributed by atoms with E-state index in [1.807, 2.05) is 20.8 Å². The summed E-state index contributed by atoms with van der Waals surface area (Å²) in [4.78, 5) is 0. The Kier molecular flexibility index (Phi) is 5.34. The molecular formula is C15H22F3NO2S. The van der Waals surface area contributed by atoms with Crippen molar-refractivity contribution in [1.82, 2.24) is 4.31 Å². The molecule has 0 heterocycles. The molecule has 7 heteroatoms. The minimum atomic E-state index is -4.45. The summed E-state index contributed by atoms with van der Waals surface area (Å²) >= 11 is 0. The van der Waals surface area contributed by atoms with Crippen LogP contribution < -0.4 is 0 Å². The fourth-order valence-corrected chi connectivity index (χ4v) is 3.55. The Hall–Kier alpha value is -1.08. The molecule has 126 valence electrons. The molecule has 0 spiro atoms. The second-order valence-corrected chi connectivity index (χ2v) is 8.83. The van der Waals surface area contributed by atoms with E-state index in [2.05, 4.69) is 0 Å². The van der Waals surface area contributed by atoms with Crippen LogP contribution in [0.2, 0.25) is 0 Å². The zero-order chi connectivity index (χ0) is 17.3. The van der Waals surface area contributed by atoms with E-state index in [-0.39, 0.29) is 5.75 Å². The molecule has 0 fully saturated rings. The van der Waals surface area contributed by atoms with Crippen molar-refractivity contribution in [1.29, 1.82) is 0 Å². The molecule has 1 unspecified atom stereocenters. The summed E-state index contributed by atoms with van der Waals surface area (Å²) in [6.45, 7) is 5.47. The van der Waals surface area contributed by atoms with Crippen molar-refractivity contribution in [3.05, 3.63) is 35.4 Å². The zero-order valence-corrected chi connectivity index (χ0v) is 14.2. The van der Waals surface area contributed by atoms with E-state index in [0.29, 0.717) is 5.56 Å². The fourth-order valence-electron chi connectivity index (χ4n) is 2.14. The average Bonchev–Trinajstić information content (AvgIpc) is 2.33. The van der Waals surface area contributed by atoms with Gasteiger partial charge in [0.1, 0.15) is 0 Å². The standard InChI is InChI=1S/C15H22F3NO2S/c1-14(2,3)13(10-22(20,21)19(4)5)11-7-6-8-12(9-11)15(16,17)18/h6-9,13H,10H2,1-5H3. The van der Waals surface area contributed by atoms with E-state index in [0.717, 1.165) is 16.4 Å². The summed E-state index contributed by atoms with van der Waals surface area (Å²) in [7, 11) is -0.689. The van der Waals surface area contributed by atoms with Gasteiger partial charge in [-0.15, -0.1) is 0 Å². The summed E-state index contributed by atoms with van der Waals surface area (Å²) in [6.07, 6.45) is -4.45. The van der Waals surface area contributed by atoms with Crippen LogP contribution in [0, 0.1) is 5.41 Å². The van der Waals surface area contributed by atoms with Crippen molar-refractivity contribution in [2.24, 2.45) is 5.41 Å². The second kappa shape index (κ2) is 6.20. The van der Waals surface area contributed by atoms with E-state index < -0.39 is 33.1 Å². The molecule has 0 amide bonds. The lowest BCUT2D eigenvalue weighted by molar-refractivity contribution is -0.137. The third-order valence-electron chi connectivity index (χ3n) is 3.60. The van der Waals surface area contributed by atoms with Gasteiger partial charge in [0.2, 0.25) is 10.0 Å². The molecule has 0 saturated heterocycles. The van der Waals surface area contributed by atoms with Gasteiger partial charge in [0.15, 0.2) is 0 Å². The molecule has 0 saturated carbocycles. The predicted molar refractivity (Wildman–Crippen MR) is 81.1 cm³/mol. The molecular weight excluding hydrogens is 315 g/mol. The van der Waals surface area contributed by atoms with Crippen LogP contribution in [0.3, 0.4) is 0 Å². The molecule has 0 aromatic heterocycles. The van der Waals surface area contributed by atoms with Crippen LogP contribution in [0.5, 0.6) is 0 Å². The first-order chi connectivity index (χ1) is 9.75. The zero-order valence-electron chi connectivity index (χ0n) is 13.4. The summed E-state index contributed by atoms with van der Waals surface area (Å²) in [6, 6.07) is 4.90. The molecule has 1 aromatic rings. The maximum atomic E-state index is 12.9. The summed E-state index contributed by atoms with van der Waals surface area (Å²) in [5, 5.41) is 0. The predicted octanol–water partition coefficient (Wildman–Crippen LogP) is 3.73. The molecule has 1 rings (SSSR count). The Morgan fingerprint density at radius 2 is 1.68 bits per heavy atom. The highest BCUT2D eigenvalue weighted by atomic mass is 32.2. The average molecular weight is 337 g/mol. The smallest absolute Gasteiger partial charge is 0.212 e. The van der Waals surface area contributed by atoms with Crippen LogP contribution in [0.15, 0.2) is 24.3 Å². The van der Waals surface area contributed by atoms with Crippen molar-refractivity contribution in [2.45, 2.75) is 32.9 Å². The van der Waals surface area contributed by atoms with Gasteiger partial charge >= 0.3 is 6.18 Å². The van der Waals surface area contributed by atoms with Gasteiger partial charge in [-0.1, -0.05) is 39.0 Å². The van der Waals surface area contributed by atoms with Gasteiger partial charge < -0.3 is 0 Å². The normalized spacial score (nSPS) is 15.1. The maximum Gasteiger partial charge on any atom is 0.416 e. The summed E-state index contributed by atoms with van der Waals surface area (Å²) < 4.78 is 64.0. The number of hydrogen-bond acceptors (Lipinski definition) is 2. The Labute approximate surface area is 130 Å². The molecule has 0 bridgehead atoms. The van der Waals surface area contributed by atoms with E-state index in [1.165, 1.54) is 20.2 Å². The summed E-state index contributed by atoms with van der Waals surface area (Å²) in [5.41, 5.74) is -0.873. The van der Waals surface area contributed by atoms with Crippen LogP contribution in [0.25, 0.3) is 0 Å². The lowest BCUT2D eigenvalue weighted by Crippen LogP contribution is -2.33. The van der Waals surface area contributed by atoms with Gasteiger partial charge in [-0.2, -0.15) is 13.2 Å². The number of hydrogen-bond donors (Lipinski definition) is 0. The first-order valence-corrected chi connectivity index (χ1v) is 8.43. The van der Waals surface area contributed by atoms with Crippen LogP contribution >= 0.6 is 0 Å². The molecule has 0 aliphatic carbocycles. The van der Waals surface area contributed by atoms with E-state index in [1.54, 1.807) is 6.07 Å². The van der Waals surface area contributed by atoms with Crippen molar-refractivity contribution >= 4 is 10.0 Å². The first kappa shape index (κ1) is 19.0. The number of nitrogens with zero attached hydrogens (tertiary/aromatic N) is 1. The third-order valence-corrected chi connectivity index (χ3v) is 5.46. The van der Waals surface area contributed by atoms with Gasteiger partial charge in [0.05, 0.1) is 11.3 Å². The third kappa shape index (κ3) is 4.71. The van der Waals surface area contributed by atoms with Gasteiger partial charge in [0.25, 0.3) is 0 Å². The summed E-state index contributed by atoms with van der Waals surface area (Å²) in [5.74, 6) is -0.771. The van der Waals surface area contributed by atoms with Crippen molar-refractivity contribution in [3.8, 4) is 0 Å². The van der Waals surface area contributed by atoms with E-state index in [4.69, 9.17) is 0 Å². The van der Waals surface area contributed by atoms with Crippen molar-refractivity contribution < 1.29 is 21.6 Å². The number of halogens is 3. The van der Waals surface area contributed by atoms with Gasteiger partial charge in [0, 0.05) is 20.0 Å². The quantitative estimate of drug-likeness (QED) is 0.839. The monoisotopic (exact) mass is 337 g/mol. The Bertz CT molecular complexity index is 616. The van der Waals surface area contributed by atoms with Crippen molar-refractivity contribution in [2.75, 3.05) is 19.8 Å². The SMILES string of the molecule is CN(C)S(=O)(=O)CC(c1cccc(C(F)(F)F)c1)C(C)(C)C. The van der Waals surface area contributed by atoms with Gasteiger partial charge in [-0.3, -0.25) is 0 Å². The highest BCUT2D eigenvalue weighted by Gasteiger charge is 2.35. The van der Waals surface area contributed by atoms with Crippen molar-refractivity contribution in [3.63, 3.8) is 0 Å². The number of alkyl halides is 3. The minimum Gasteiger partial charge on any atom is -0.212 e. The minimum absolute atomic E-state index is 0.231. The topological polar surface area (TPSA) is 37.4 Å². The number of sulfonamides is 1. The maximum absolute atomic E-state index is 12.9. The van der Waals surface area contributed by atoms with Crippen LogP contribution in [0.4, 0.5) is 13.2 Å².